The fourth-order valence-electron chi connectivity index (χ4n) is 3.89. The van der Waals surface area contributed by atoms with Crippen molar-refractivity contribution in [1.29, 1.82) is 0 Å². The van der Waals surface area contributed by atoms with Crippen LogP contribution < -0.4 is 20.1 Å². The summed E-state index contributed by atoms with van der Waals surface area (Å²) in [7, 11) is 3.24. The standard InChI is InChI=1S/C21H25FN6O2/c1-29-17-6-5-14(25-21(17)26-15-10-23-8-7-13(15)22)16-11-24-19-9-18(30-2)20(12-3-4-12)27-28(16)19/h5-6,9,11-13,15,23H,3-4,7-8,10H2,1-2H3,(H,25,26)/t13-,15-/m0/s1. The number of fused-ring (bicyclic) bond motifs is 1. The van der Waals surface area contributed by atoms with Crippen molar-refractivity contribution in [2.45, 2.75) is 37.4 Å². The number of methoxy groups -OCH3 is 2. The van der Waals surface area contributed by atoms with Gasteiger partial charge in [0.05, 0.1) is 32.2 Å². The van der Waals surface area contributed by atoms with E-state index in [0.29, 0.717) is 48.3 Å². The fourth-order valence-corrected chi connectivity index (χ4v) is 3.89. The highest BCUT2D eigenvalue weighted by atomic mass is 19.1. The molecule has 2 N–H and O–H groups in total. The van der Waals surface area contributed by atoms with Gasteiger partial charge in [0.1, 0.15) is 23.3 Å². The first-order valence-electron chi connectivity index (χ1n) is 10.3. The van der Waals surface area contributed by atoms with Crippen molar-refractivity contribution < 1.29 is 13.9 Å². The number of halogens is 1. The molecule has 1 aliphatic carbocycles. The van der Waals surface area contributed by atoms with Crippen LogP contribution in [0.5, 0.6) is 11.5 Å². The number of rotatable bonds is 6. The third-order valence-corrected chi connectivity index (χ3v) is 5.73. The number of nitrogens with one attached hydrogen (secondary N) is 2. The van der Waals surface area contributed by atoms with Crippen LogP contribution >= 0.6 is 0 Å². The largest absolute Gasteiger partial charge is 0.495 e. The van der Waals surface area contributed by atoms with Crippen LogP contribution in [0.4, 0.5) is 10.2 Å². The molecule has 0 unspecified atom stereocenters. The Kier molecular flexibility index (Phi) is 4.90. The number of hydrogen-bond donors (Lipinski definition) is 2. The molecule has 3 aromatic rings. The molecular formula is C21H25FN6O2. The number of alkyl halides is 1. The van der Waals surface area contributed by atoms with Crippen molar-refractivity contribution in [3.63, 3.8) is 0 Å². The van der Waals surface area contributed by atoms with E-state index < -0.39 is 6.17 Å². The molecule has 9 heteroatoms. The minimum absolute atomic E-state index is 0.360. The zero-order valence-electron chi connectivity index (χ0n) is 17.1. The van der Waals surface area contributed by atoms with Gasteiger partial charge < -0.3 is 20.1 Å². The second-order valence-corrected chi connectivity index (χ2v) is 7.79. The van der Waals surface area contributed by atoms with Crippen LogP contribution in [-0.4, -0.2) is 59.1 Å². The Labute approximate surface area is 173 Å². The van der Waals surface area contributed by atoms with Gasteiger partial charge in [0.25, 0.3) is 0 Å². The molecule has 0 radical (unpaired) electrons. The van der Waals surface area contributed by atoms with Crippen molar-refractivity contribution >= 4 is 11.5 Å². The van der Waals surface area contributed by atoms with E-state index in [2.05, 4.69) is 15.6 Å². The molecule has 0 spiro atoms. The van der Waals surface area contributed by atoms with E-state index in [1.54, 1.807) is 24.9 Å². The summed E-state index contributed by atoms with van der Waals surface area (Å²) in [5.74, 6) is 2.28. The number of ether oxygens (including phenoxy) is 2. The number of hydrogen-bond acceptors (Lipinski definition) is 7. The van der Waals surface area contributed by atoms with E-state index in [-0.39, 0.29) is 6.04 Å². The Balaban J connectivity index is 1.53. The van der Waals surface area contributed by atoms with Gasteiger partial charge in [-0.25, -0.2) is 18.9 Å². The highest BCUT2D eigenvalue weighted by molar-refractivity contribution is 5.65. The third-order valence-electron chi connectivity index (χ3n) is 5.73. The number of anilines is 1. The molecule has 2 fully saturated rings. The fraction of sp³-hybridized carbons (Fsp3) is 0.476. The quantitative estimate of drug-likeness (QED) is 0.644. The summed E-state index contributed by atoms with van der Waals surface area (Å²) in [6.07, 6.45) is 3.52. The van der Waals surface area contributed by atoms with Gasteiger partial charge in [0.2, 0.25) is 0 Å². The van der Waals surface area contributed by atoms with Crippen LogP contribution in [0.25, 0.3) is 17.0 Å². The second kappa shape index (κ2) is 7.71. The summed E-state index contributed by atoms with van der Waals surface area (Å²) < 4.78 is 27.1. The maximum atomic E-state index is 14.3. The summed E-state index contributed by atoms with van der Waals surface area (Å²) in [5, 5.41) is 11.2. The molecule has 4 heterocycles. The lowest BCUT2D eigenvalue weighted by Gasteiger charge is -2.28. The maximum Gasteiger partial charge on any atom is 0.169 e. The van der Waals surface area contributed by atoms with E-state index in [1.807, 2.05) is 18.2 Å². The first kappa shape index (κ1) is 19.0. The van der Waals surface area contributed by atoms with Crippen LogP contribution in [0.3, 0.4) is 0 Å². The van der Waals surface area contributed by atoms with E-state index in [4.69, 9.17) is 19.6 Å². The summed E-state index contributed by atoms with van der Waals surface area (Å²) in [4.78, 5) is 9.22. The van der Waals surface area contributed by atoms with Gasteiger partial charge in [-0.2, -0.15) is 5.10 Å². The number of piperidine rings is 1. The molecular weight excluding hydrogens is 387 g/mol. The summed E-state index contributed by atoms with van der Waals surface area (Å²) in [6.45, 7) is 1.22. The highest BCUT2D eigenvalue weighted by Gasteiger charge is 2.30. The molecule has 2 atom stereocenters. The molecule has 0 aromatic carbocycles. The predicted molar refractivity (Wildman–Crippen MR) is 111 cm³/mol. The van der Waals surface area contributed by atoms with Crippen LogP contribution in [0.15, 0.2) is 24.4 Å². The first-order valence-corrected chi connectivity index (χ1v) is 10.3. The molecule has 1 aliphatic heterocycles. The van der Waals surface area contributed by atoms with Crippen molar-refractivity contribution in [2.75, 3.05) is 32.6 Å². The molecule has 30 heavy (non-hydrogen) atoms. The van der Waals surface area contributed by atoms with Crippen LogP contribution in [-0.2, 0) is 0 Å². The third kappa shape index (κ3) is 3.43. The number of imidazole rings is 1. The minimum Gasteiger partial charge on any atom is -0.495 e. The molecule has 158 valence electrons. The number of nitrogens with zero attached hydrogens (tertiary/aromatic N) is 4. The zero-order valence-corrected chi connectivity index (χ0v) is 17.1. The first-order chi connectivity index (χ1) is 14.7. The normalized spacial score (nSPS) is 21.6. The highest BCUT2D eigenvalue weighted by Crippen LogP contribution is 2.43. The van der Waals surface area contributed by atoms with Crippen LogP contribution in [0.2, 0.25) is 0 Å². The van der Waals surface area contributed by atoms with Gasteiger partial charge in [-0.05, 0) is 37.9 Å². The Morgan fingerprint density at radius 3 is 2.73 bits per heavy atom. The number of aromatic nitrogens is 4. The van der Waals surface area contributed by atoms with Crippen LogP contribution in [0, 0.1) is 0 Å². The Morgan fingerprint density at radius 2 is 2.00 bits per heavy atom. The maximum absolute atomic E-state index is 14.3. The smallest absolute Gasteiger partial charge is 0.169 e. The zero-order chi connectivity index (χ0) is 20.7. The molecule has 8 nitrogen and oxygen atoms in total. The molecule has 2 aliphatic rings. The van der Waals surface area contributed by atoms with Crippen molar-refractivity contribution in [3.05, 3.63) is 30.1 Å². The Bertz CT molecular complexity index is 1070. The molecule has 5 rings (SSSR count). The van der Waals surface area contributed by atoms with E-state index in [0.717, 1.165) is 30.0 Å². The van der Waals surface area contributed by atoms with E-state index in [9.17, 15) is 4.39 Å². The van der Waals surface area contributed by atoms with Gasteiger partial charge in [0.15, 0.2) is 17.2 Å². The lowest BCUT2D eigenvalue weighted by molar-refractivity contribution is 0.240. The molecule has 1 saturated heterocycles. The Morgan fingerprint density at radius 1 is 1.17 bits per heavy atom. The van der Waals surface area contributed by atoms with Gasteiger partial charge in [-0.3, -0.25) is 0 Å². The topological polar surface area (TPSA) is 85.6 Å². The van der Waals surface area contributed by atoms with Crippen molar-refractivity contribution in [1.82, 2.24) is 24.9 Å². The molecule has 0 bridgehead atoms. The van der Waals surface area contributed by atoms with Crippen LogP contribution in [0.1, 0.15) is 30.9 Å². The predicted octanol–water partition coefficient (Wildman–Crippen LogP) is 2.80. The summed E-state index contributed by atoms with van der Waals surface area (Å²) in [6, 6.07) is 5.25. The lowest BCUT2D eigenvalue weighted by atomic mass is 10.1. The average molecular weight is 412 g/mol. The average Bonchev–Trinajstić information content (AvgIpc) is 3.54. The van der Waals surface area contributed by atoms with Crippen molar-refractivity contribution in [3.8, 4) is 22.9 Å². The SMILES string of the molecule is COc1ccc(-c2cnc3cc(OC)c(C4CC4)nn23)nc1N[C@H]1CNCC[C@@H]1F. The van der Waals surface area contributed by atoms with E-state index >= 15 is 0 Å². The lowest BCUT2D eigenvalue weighted by Crippen LogP contribution is -2.46. The van der Waals surface area contributed by atoms with E-state index in [1.165, 1.54) is 0 Å². The second-order valence-electron chi connectivity index (χ2n) is 7.79. The number of pyridine rings is 1. The summed E-state index contributed by atoms with van der Waals surface area (Å²) >= 11 is 0. The molecule has 0 amide bonds. The van der Waals surface area contributed by atoms with Crippen molar-refractivity contribution in [2.24, 2.45) is 0 Å². The van der Waals surface area contributed by atoms with Gasteiger partial charge in [-0.1, -0.05) is 0 Å². The summed E-state index contributed by atoms with van der Waals surface area (Å²) in [5.41, 5.74) is 3.09. The minimum atomic E-state index is -0.938. The molecule has 1 saturated carbocycles. The van der Waals surface area contributed by atoms with Gasteiger partial charge in [-0.15, -0.1) is 0 Å². The Hall–Kier alpha value is -2.94. The van der Waals surface area contributed by atoms with Gasteiger partial charge >= 0.3 is 0 Å². The monoisotopic (exact) mass is 412 g/mol. The molecule has 3 aromatic heterocycles. The van der Waals surface area contributed by atoms with Gasteiger partial charge in [0, 0.05) is 18.5 Å².